The van der Waals surface area contributed by atoms with E-state index >= 15 is 0 Å². The Bertz CT molecular complexity index is 817. The van der Waals surface area contributed by atoms with Gasteiger partial charge in [0, 0.05) is 5.56 Å². The van der Waals surface area contributed by atoms with Crippen molar-refractivity contribution in [1.29, 1.82) is 0 Å². The average molecular weight is 307 g/mol. The molecule has 1 aromatic heterocycles. The molecule has 3 nitrogen and oxygen atoms in total. The minimum absolute atomic E-state index is 0.0572. The van der Waals surface area contributed by atoms with E-state index in [4.69, 9.17) is 21.9 Å². The fourth-order valence-electron chi connectivity index (χ4n) is 2.08. The Hall–Kier alpha value is -2.40. The number of nitrogens with zero attached hydrogens (tertiary/aromatic N) is 1. The van der Waals surface area contributed by atoms with Crippen LogP contribution < -0.4 is 5.73 Å². The van der Waals surface area contributed by atoms with Gasteiger partial charge in [0.1, 0.15) is 11.6 Å². The molecule has 0 saturated carbocycles. The summed E-state index contributed by atoms with van der Waals surface area (Å²) < 4.78 is 32.2. The van der Waals surface area contributed by atoms with E-state index in [1.165, 1.54) is 24.3 Å². The Balaban J connectivity index is 2.25. The predicted molar refractivity (Wildman–Crippen MR) is 76.7 cm³/mol. The van der Waals surface area contributed by atoms with Crippen molar-refractivity contribution in [2.45, 2.75) is 0 Å². The number of hydrogen-bond acceptors (Lipinski definition) is 3. The van der Waals surface area contributed by atoms with Crippen LogP contribution in [0, 0.1) is 11.6 Å². The molecule has 3 aromatic rings. The summed E-state index contributed by atoms with van der Waals surface area (Å²) in [6.07, 6.45) is 0. The van der Waals surface area contributed by atoms with E-state index < -0.39 is 11.6 Å². The Morgan fingerprint density at radius 3 is 2.52 bits per heavy atom. The van der Waals surface area contributed by atoms with Crippen LogP contribution in [0.4, 0.5) is 14.6 Å². The molecule has 3 rings (SSSR count). The zero-order valence-corrected chi connectivity index (χ0v) is 11.4. The van der Waals surface area contributed by atoms with Crippen molar-refractivity contribution < 1.29 is 13.3 Å². The van der Waals surface area contributed by atoms with Crippen molar-refractivity contribution in [3.8, 4) is 22.5 Å². The summed E-state index contributed by atoms with van der Waals surface area (Å²) in [6.45, 7) is 0. The molecule has 0 spiro atoms. The first-order valence-electron chi connectivity index (χ1n) is 6.03. The molecule has 0 radical (unpaired) electrons. The van der Waals surface area contributed by atoms with Gasteiger partial charge in [-0.3, -0.25) is 0 Å². The number of halogens is 3. The van der Waals surface area contributed by atoms with Crippen LogP contribution >= 0.6 is 11.6 Å². The van der Waals surface area contributed by atoms with Crippen LogP contribution in [0.5, 0.6) is 0 Å². The molecule has 2 N–H and O–H groups in total. The lowest BCUT2D eigenvalue weighted by Gasteiger charge is -2.06. The normalized spacial score (nSPS) is 10.8. The summed E-state index contributed by atoms with van der Waals surface area (Å²) in [4.78, 5) is 0. The molecule has 106 valence electrons. The van der Waals surface area contributed by atoms with Crippen molar-refractivity contribution in [3.63, 3.8) is 0 Å². The highest BCUT2D eigenvalue weighted by Crippen LogP contribution is 2.40. The van der Waals surface area contributed by atoms with Gasteiger partial charge in [-0.1, -0.05) is 28.9 Å². The topological polar surface area (TPSA) is 52.0 Å². The van der Waals surface area contributed by atoms with Gasteiger partial charge in [-0.25, -0.2) is 8.78 Å². The standard InChI is InChI=1S/C15H9ClF2N2O/c16-11-7-8(17)5-6-9(11)13-14(21-20-15(13)19)10-3-1-2-4-12(10)18/h1-7H,(H2,19,20). The van der Waals surface area contributed by atoms with Gasteiger partial charge in [0.05, 0.1) is 16.1 Å². The Morgan fingerprint density at radius 1 is 1.05 bits per heavy atom. The summed E-state index contributed by atoms with van der Waals surface area (Å²) in [6, 6.07) is 9.88. The molecular formula is C15H9ClF2N2O. The highest BCUT2D eigenvalue weighted by molar-refractivity contribution is 6.33. The number of anilines is 1. The number of benzene rings is 2. The van der Waals surface area contributed by atoms with Gasteiger partial charge in [0.25, 0.3) is 0 Å². The first-order chi connectivity index (χ1) is 10.1. The minimum Gasteiger partial charge on any atom is -0.380 e. The maximum atomic E-state index is 13.9. The van der Waals surface area contributed by atoms with Gasteiger partial charge in [-0.2, -0.15) is 0 Å². The van der Waals surface area contributed by atoms with E-state index in [2.05, 4.69) is 5.16 Å². The third kappa shape index (κ3) is 2.36. The van der Waals surface area contributed by atoms with Crippen LogP contribution in [0.1, 0.15) is 0 Å². The second-order valence-corrected chi connectivity index (χ2v) is 4.78. The van der Waals surface area contributed by atoms with E-state index in [9.17, 15) is 8.78 Å². The summed E-state index contributed by atoms with van der Waals surface area (Å²) in [7, 11) is 0. The minimum atomic E-state index is -0.480. The summed E-state index contributed by atoms with van der Waals surface area (Å²) >= 11 is 6.03. The zero-order chi connectivity index (χ0) is 15.0. The molecule has 2 aromatic carbocycles. The van der Waals surface area contributed by atoms with Crippen molar-refractivity contribution >= 4 is 17.4 Å². The number of nitrogen functional groups attached to an aromatic ring is 1. The fourth-order valence-corrected chi connectivity index (χ4v) is 2.35. The lowest BCUT2D eigenvalue weighted by atomic mass is 10.0. The molecule has 0 saturated heterocycles. The largest absolute Gasteiger partial charge is 0.380 e. The third-order valence-electron chi connectivity index (χ3n) is 3.04. The zero-order valence-electron chi connectivity index (χ0n) is 10.6. The molecule has 0 amide bonds. The second-order valence-electron chi connectivity index (χ2n) is 4.38. The second kappa shape index (κ2) is 5.18. The van der Waals surface area contributed by atoms with E-state index in [1.807, 2.05) is 0 Å². The molecule has 6 heteroatoms. The molecule has 0 bridgehead atoms. The van der Waals surface area contributed by atoms with Gasteiger partial charge in [0.2, 0.25) is 0 Å². The van der Waals surface area contributed by atoms with Crippen molar-refractivity contribution in [1.82, 2.24) is 5.16 Å². The van der Waals surface area contributed by atoms with Gasteiger partial charge in [-0.05, 0) is 30.3 Å². The maximum Gasteiger partial charge on any atom is 0.179 e. The summed E-state index contributed by atoms with van der Waals surface area (Å²) in [5.74, 6) is -0.750. The summed E-state index contributed by atoms with van der Waals surface area (Å²) in [5, 5.41) is 3.80. The van der Waals surface area contributed by atoms with E-state index in [0.29, 0.717) is 11.1 Å². The van der Waals surface area contributed by atoms with Crippen LogP contribution in [0.25, 0.3) is 22.5 Å². The smallest absolute Gasteiger partial charge is 0.179 e. The van der Waals surface area contributed by atoms with Crippen molar-refractivity contribution in [2.75, 3.05) is 5.73 Å². The first-order valence-corrected chi connectivity index (χ1v) is 6.41. The third-order valence-corrected chi connectivity index (χ3v) is 3.35. The number of hydrogen-bond donors (Lipinski definition) is 1. The van der Waals surface area contributed by atoms with E-state index in [1.54, 1.807) is 12.1 Å². The maximum absolute atomic E-state index is 13.9. The van der Waals surface area contributed by atoms with Gasteiger partial charge >= 0.3 is 0 Å². The van der Waals surface area contributed by atoms with E-state index in [-0.39, 0.29) is 22.2 Å². The van der Waals surface area contributed by atoms with Crippen LogP contribution in [0.2, 0.25) is 5.02 Å². The number of aromatic nitrogens is 1. The number of nitrogens with two attached hydrogens (primary N) is 1. The van der Waals surface area contributed by atoms with E-state index in [0.717, 1.165) is 6.07 Å². The molecule has 0 atom stereocenters. The highest BCUT2D eigenvalue weighted by Gasteiger charge is 2.22. The van der Waals surface area contributed by atoms with Crippen LogP contribution in [0.15, 0.2) is 47.0 Å². The van der Waals surface area contributed by atoms with Crippen LogP contribution in [0.3, 0.4) is 0 Å². The molecule has 0 aliphatic rings. The lowest BCUT2D eigenvalue weighted by Crippen LogP contribution is -1.91. The molecule has 1 heterocycles. The first kappa shape index (κ1) is 13.6. The number of rotatable bonds is 2. The molecule has 21 heavy (non-hydrogen) atoms. The summed E-state index contributed by atoms with van der Waals surface area (Å²) in [5.41, 5.74) is 6.76. The molecule has 0 aliphatic heterocycles. The van der Waals surface area contributed by atoms with Crippen molar-refractivity contribution in [2.24, 2.45) is 0 Å². The SMILES string of the molecule is Nc1noc(-c2ccccc2F)c1-c1ccc(F)cc1Cl. The quantitative estimate of drug-likeness (QED) is 0.757. The van der Waals surface area contributed by atoms with Gasteiger partial charge < -0.3 is 10.3 Å². The van der Waals surface area contributed by atoms with Gasteiger partial charge in [0.15, 0.2) is 11.6 Å². The highest BCUT2D eigenvalue weighted by atomic mass is 35.5. The fraction of sp³-hybridized carbons (Fsp3) is 0. The van der Waals surface area contributed by atoms with Crippen LogP contribution in [-0.4, -0.2) is 5.16 Å². The molecule has 0 unspecified atom stereocenters. The van der Waals surface area contributed by atoms with Crippen molar-refractivity contribution in [3.05, 3.63) is 59.1 Å². The molecule has 0 aliphatic carbocycles. The Morgan fingerprint density at radius 2 is 1.81 bits per heavy atom. The average Bonchev–Trinajstić information content (AvgIpc) is 2.81. The van der Waals surface area contributed by atoms with Crippen LogP contribution in [-0.2, 0) is 0 Å². The monoisotopic (exact) mass is 306 g/mol. The Kier molecular flexibility index (Phi) is 3.35. The van der Waals surface area contributed by atoms with Gasteiger partial charge in [-0.15, -0.1) is 0 Å². The molecule has 0 fully saturated rings. The molecular weight excluding hydrogens is 298 g/mol. The Labute approximate surface area is 123 Å². The lowest BCUT2D eigenvalue weighted by molar-refractivity contribution is 0.433. The predicted octanol–water partition coefficient (Wildman–Crippen LogP) is 4.52.